The van der Waals surface area contributed by atoms with Gasteiger partial charge in [0.2, 0.25) is 0 Å². The molecule has 4 nitrogen and oxygen atoms in total. The SMILES string of the molecule is CCOc1c(I)cc(/C=C2\C=C(c3ccc(Br)cc3)OC2=O)cc1OC. The summed E-state index contributed by atoms with van der Waals surface area (Å²) in [6.07, 6.45) is 3.54. The monoisotopic (exact) mass is 526 g/mol. The van der Waals surface area contributed by atoms with E-state index in [-0.39, 0.29) is 5.97 Å². The second-order valence-electron chi connectivity index (χ2n) is 5.47. The van der Waals surface area contributed by atoms with E-state index in [1.807, 2.05) is 43.3 Å². The Balaban J connectivity index is 1.95. The van der Waals surface area contributed by atoms with E-state index in [4.69, 9.17) is 14.2 Å². The zero-order valence-electron chi connectivity index (χ0n) is 14.2. The van der Waals surface area contributed by atoms with Crippen LogP contribution >= 0.6 is 38.5 Å². The smallest absolute Gasteiger partial charge is 0.343 e. The van der Waals surface area contributed by atoms with Gasteiger partial charge in [-0.05, 0) is 71.5 Å². The molecule has 0 N–H and O–H groups in total. The lowest BCUT2D eigenvalue weighted by Crippen LogP contribution is -1.99. The number of methoxy groups -OCH3 is 1. The van der Waals surface area contributed by atoms with Crippen molar-refractivity contribution < 1.29 is 19.0 Å². The highest BCUT2D eigenvalue weighted by atomic mass is 127. The molecular weight excluding hydrogens is 511 g/mol. The molecule has 0 radical (unpaired) electrons. The standard InChI is InChI=1S/C20H16BrIO4/c1-3-25-19-16(22)9-12(10-18(19)24-2)8-14-11-17(26-20(14)23)13-4-6-15(21)7-5-13/h4-11H,3H2,1-2H3/b14-8+. The minimum atomic E-state index is -0.370. The highest BCUT2D eigenvalue weighted by Crippen LogP contribution is 2.35. The zero-order valence-corrected chi connectivity index (χ0v) is 18.0. The molecule has 6 heteroatoms. The topological polar surface area (TPSA) is 44.8 Å². The summed E-state index contributed by atoms with van der Waals surface area (Å²) in [4.78, 5) is 12.2. The van der Waals surface area contributed by atoms with E-state index in [1.54, 1.807) is 19.3 Å². The summed E-state index contributed by atoms with van der Waals surface area (Å²) in [6, 6.07) is 11.4. The van der Waals surface area contributed by atoms with Gasteiger partial charge >= 0.3 is 5.97 Å². The molecule has 0 fully saturated rings. The van der Waals surface area contributed by atoms with Crippen LogP contribution in [-0.2, 0) is 9.53 Å². The summed E-state index contributed by atoms with van der Waals surface area (Å²) in [5.41, 5.74) is 2.18. The summed E-state index contributed by atoms with van der Waals surface area (Å²) in [5, 5.41) is 0. The van der Waals surface area contributed by atoms with Gasteiger partial charge in [0.05, 0.1) is 22.9 Å². The average molecular weight is 527 g/mol. The third kappa shape index (κ3) is 4.12. The molecular formula is C20H16BrIO4. The van der Waals surface area contributed by atoms with Gasteiger partial charge < -0.3 is 14.2 Å². The Hall–Kier alpha value is -1.80. The number of carbonyl (C=O) groups excluding carboxylic acids is 1. The van der Waals surface area contributed by atoms with Crippen LogP contribution in [0.2, 0.25) is 0 Å². The van der Waals surface area contributed by atoms with Crippen LogP contribution in [0.4, 0.5) is 0 Å². The maximum Gasteiger partial charge on any atom is 0.343 e. The number of hydrogen-bond acceptors (Lipinski definition) is 4. The molecule has 0 bridgehead atoms. The number of cyclic esters (lactones) is 1. The summed E-state index contributed by atoms with van der Waals surface area (Å²) < 4.78 is 18.3. The Morgan fingerprint density at radius 3 is 2.62 bits per heavy atom. The van der Waals surface area contributed by atoms with E-state index < -0.39 is 0 Å². The first-order valence-electron chi connectivity index (χ1n) is 7.93. The van der Waals surface area contributed by atoms with Crippen molar-refractivity contribution in [3.05, 3.63) is 67.2 Å². The van der Waals surface area contributed by atoms with Gasteiger partial charge in [-0.1, -0.05) is 28.1 Å². The highest BCUT2D eigenvalue weighted by Gasteiger charge is 2.22. The van der Waals surface area contributed by atoms with Crippen molar-refractivity contribution in [3.63, 3.8) is 0 Å². The van der Waals surface area contributed by atoms with Crippen molar-refractivity contribution in [1.29, 1.82) is 0 Å². The maximum absolute atomic E-state index is 12.2. The third-order valence-electron chi connectivity index (χ3n) is 3.72. The van der Waals surface area contributed by atoms with Crippen LogP contribution in [0.25, 0.3) is 11.8 Å². The largest absolute Gasteiger partial charge is 0.493 e. The van der Waals surface area contributed by atoms with Crippen molar-refractivity contribution in [2.45, 2.75) is 6.92 Å². The summed E-state index contributed by atoms with van der Waals surface area (Å²) in [6.45, 7) is 2.48. The quantitative estimate of drug-likeness (QED) is 0.295. The fourth-order valence-electron chi connectivity index (χ4n) is 2.53. The number of ether oxygens (including phenoxy) is 3. The number of hydrogen-bond donors (Lipinski definition) is 0. The number of esters is 1. The van der Waals surface area contributed by atoms with Gasteiger partial charge in [0.25, 0.3) is 0 Å². The van der Waals surface area contributed by atoms with Crippen LogP contribution in [0, 0.1) is 3.57 Å². The second-order valence-corrected chi connectivity index (χ2v) is 7.55. The van der Waals surface area contributed by atoms with Crippen molar-refractivity contribution in [3.8, 4) is 11.5 Å². The first-order valence-corrected chi connectivity index (χ1v) is 9.81. The molecule has 0 aromatic heterocycles. The van der Waals surface area contributed by atoms with Gasteiger partial charge in [0, 0.05) is 10.0 Å². The molecule has 26 heavy (non-hydrogen) atoms. The minimum Gasteiger partial charge on any atom is -0.493 e. The van der Waals surface area contributed by atoms with E-state index in [1.165, 1.54) is 0 Å². The molecule has 2 aromatic carbocycles. The van der Waals surface area contributed by atoms with E-state index >= 15 is 0 Å². The predicted octanol–water partition coefficient (Wildman–Crippen LogP) is 5.44. The number of rotatable bonds is 5. The van der Waals surface area contributed by atoms with Crippen LogP contribution in [0.15, 0.2) is 52.5 Å². The lowest BCUT2D eigenvalue weighted by molar-refractivity contribution is -0.130. The van der Waals surface area contributed by atoms with Gasteiger partial charge in [-0.15, -0.1) is 0 Å². The molecule has 0 spiro atoms. The molecule has 0 saturated carbocycles. The first kappa shape index (κ1) is 19.0. The fraction of sp³-hybridized carbons (Fsp3) is 0.150. The molecule has 1 heterocycles. The van der Waals surface area contributed by atoms with E-state index in [0.29, 0.717) is 29.4 Å². The van der Waals surface area contributed by atoms with Crippen molar-refractivity contribution in [1.82, 2.24) is 0 Å². The Morgan fingerprint density at radius 1 is 1.23 bits per heavy atom. The molecule has 1 aliphatic rings. The van der Waals surface area contributed by atoms with Crippen LogP contribution in [0.5, 0.6) is 11.5 Å². The van der Waals surface area contributed by atoms with E-state index in [2.05, 4.69) is 38.5 Å². The normalized spacial score (nSPS) is 15.0. The van der Waals surface area contributed by atoms with Crippen LogP contribution in [0.1, 0.15) is 18.1 Å². The fourth-order valence-corrected chi connectivity index (χ4v) is 3.58. The number of carbonyl (C=O) groups is 1. The maximum atomic E-state index is 12.2. The lowest BCUT2D eigenvalue weighted by atomic mass is 10.1. The van der Waals surface area contributed by atoms with Crippen molar-refractivity contribution in [2.75, 3.05) is 13.7 Å². The first-order chi connectivity index (χ1) is 12.5. The van der Waals surface area contributed by atoms with Crippen LogP contribution < -0.4 is 9.47 Å². The van der Waals surface area contributed by atoms with Gasteiger partial charge in [0.15, 0.2) is 11.5 Å². The molecule has 0 saturated heterocycles. The number of benzene rings is 2. The Labute approximate surface area is 174 Å². The van der Waals surface area contributed by atoms with E-state index in [9.17, 15) is 4.79 Å². The zero-order chi connectivity index (χ0) is 18.7. The molecule has 2 aromatic rings. The molecule has 134 valence electrons. The molecule has 0 amide bonds. The molecule has 1 aliphatic heterocycles. The number of halogens is 2. The molecule has 0 unspecified atom stereocenters. The van der Waals surface area contributed by atoms with Crippen molar-refractivity contribution in [2.24, 2.45) is 0 Å². The summed E-state index contributed by atoms with van der Waals surface area (Å²) in [5.74, 6) is 1.51. The summed E-state index contributed by atoms with van der Waals surface area (Å²) >= 11 is 5.59. The average Bonchev–Trinajstić information content (AvgIpc) is 2.98. The van der Waals surface area contributed by atoms with Crippen LogP contribution in [0.3, 0.4) is 0 Å². The van der Waals surface area contributed by atoms with Crippen LogP contribution in [-0.4, -0.2) is 19.7 Å². The molecule has 3 rings (SSSR count). The van der Waals surface area contributed by atoms with Crippen molar-refractivity contribution >= 4 is 56.3 Å². The van der Waals surface area contributed by atoms with Gasteiger partial charge in [-0.25, -0.2) is 4.79 Å². The summed E-state index contributed by atoms with van der Waals surface area (Å²) in [7, 11) is 1.60. The van der Waals surface area contributed by atoms with E-state index in [0.717, 1.165) is 19.2 Å². The Bertz CT molecular complexity index is 901. The van der Waals surface area contributed by atoms with Gasteiger partial charge in [-0.2, -0.15) is 0 Å². The molecule has 0 aliphatic carbocycles. The minimum absolute atomic E-state index is 0.370. The predicted molar refractivity (Wildman–Crippen MR) is 113 cm³/mol. The van der Waals surface area contributed by atoms with Gasteiger partial charge in [-0.3, -0.25) is 0 Å². The highest BCUT2D eigenvalue weighted by molar-refractivity contribution is 14.1. The Morgan fingerprint density at radius 2 is 1.96 bits per heavy atom. The Kier molecular flexibility index (Phi) is 6.03. The third-order valence-corrected chi connectivity index (χ3v) is 5.05. The second kappa shape index (κ2) is 8.26. The lowest BCUT2D eigenvalue weighted by Gasteiger charge is -2.12. The van der Waals surface area contributed by atoms with Gasteiger partial charge in [0.1, 0.15) is 5.76 Å². The molecule has 0 atom stereocenters.